The SMILES string of the molecule is CC(=O)Nc1ccc(OC(=O)CCOc2ccc(C)cc2)cc1. The molecule has 0 aliphatic rings. The van der Waals surface area contributed by atoms with Crippen LogP contribution in [0.3, 0.4) is 0 Å². The number of nitrogens with one attached hydrogen (secondary N) is 1. The molecule has 0 unspecified atom stereocenters. The molecule has 0 radical (unpaired) electrons. The highest BCUT2D eigenvalue weighted by molar-refractivity contribution is 5.88. The van der Waals surface area contributed by atoms with E-state index < -0.39 is 0 Å². The molecule has 23 heavy (non-hydrogen) atoms. The Balaban J connectivity index is 1.76. The predicted octanol–water partition coefficient (Wildman–Crippen LogP) is 3.33. The van der Waals surface area contributed by atoms with Crippen LogP contribution in [-0.2, 0) is 9.59 Å². The van der Waals surface area contributed by atoms with Gasteiger partial charge >= 0.3 is 5.97 Å². The van der Waals surface area contributed by atoms with Crippen LogP contribution in [0.2, 0.25) is 0 Å². The highest BCUT2D eigenvalue weighted by atomic mass is 16.5. The fourth-order valence-electron chi connectivity index (χ4n) is 1.88. The number of benzene rings is 2. The third-order valence-corrected chi connectivity index (χ3v) is 3.00. The molecule has 0 bridgehead atoms. The van der Waals surface area contributed by atoms with Gasteiger partial charge in [0.15, 0.2) is 0 Å². The van der Waals surface area contributed by atoms with Gasteiger partial charge in [-0.15, -0.1) is 0 Å². The first-order valence-corrected chi connectivity index (χ1v) is 7.31. The van der Waals surface area contributed by atoms with E-state index in [1.807, 2.05) is 31.2 Å². The Morgan fingerprint density at radius 1 is 0.957 bits per heavy atom. The van der Waals surface area contributed by atoms with Crippen molar-refractivity contribution in [3.8, 4) is 11.5 Å². The van der Waals surface area contributed by atoms with Crippen LogP contribution in [0, 0.1) is 6.92 Å². The average molecular weight is 313 g/mol. The maximum atomic E-state index is 11.7. The van der Waals surface area contributed by atoms with E-state index in [1.54, 1.807) is 24.3 Å². The number of esters is 1. The van der Waals surface area contributed by atoms with Gasteiger partial charge in [-0.25, -0.2) is 0 Å². The second-order valence-corrected chi connectivity index (χ2v) is 5.09. The highest BCUT2D eigenvalue weighted by Crippen LogP contribution is 2.16. The van der Waals surface area contributed by atoms with Gasteiger partial charge in [-0.3, -0.25) is 9.59 Å². The van der Waals surface area contributed by atoms with Crippen LogP contribution >= 0.6 is 0 Å². The molecular formula is C18H19NO4. The van der Waals surface area contributed by atoms with Gasteiger partial charge in [0.25, 0.3) is 0 Å². The van der Waals surface area contributed by atoms with Crippen LogP contribution in [-0.4, -0.2) is 18.5 Å². The molecule has 0 saturated carbocycles. The van der Waals surface area contributed by atoms with E-state index in [9.17, 15) is 9.59 Å². The molecule has 0 spiro atoms. The molecule has 0 aliphatic heterocycles. The van der Waals surface area contributed by atoms with Crippen molar-refractivity contribution in [3.63, 3.8) is 0 Å². The molecule has 0 atom stereocenters. The number of carbonyl (C=O) groups is 2. The van der Waals surface area contributed by atoms with Crippen molar-refractivity contribution in [1.82, 2.24) is 0 Å². The van der Waals surface area contributed by atoms with Crippen LogP contribution in [0.25, 0.3) is 0 Å². The lowest BCUT2D eigenvalue weighted by molar-refractivity contribution is -0.134. The van der Waals surface area contributed by atoms with Gasteiger partial charge in [0, 0.05) is 12.6 Å². The van der Waals surface area contributed by atoms with E-state index in [4.69, 9.17) is 9.47 Å². The topological polar surface area (TPSA) is 64.6 Å². The lowest BCUT2D eigenvalue weighted by Crippen LogP contribution is -2.12. The van der Waals surface area contributed by atoms with Gasteiger partial charge in [-0.2, -0.15) is 0 Å². The van der Waals surface area contributed by atoms with Crippen molar-refractivity contribution >= 4 is 17.6 Å². The summed E-state index contributed by atoms with van der Waals surface area (Å²) < 4.78 is 10.7. The maximum Gasteiger partial charge on any atom is 0.314 e. The summed E-state index contributed by atoms with van der Waals surface area (Å²) >= 11 is 0. The largest absolute Gasteiger partial charge is 0.493 e. The predicted molar refractivity (Wildman–Crippen MR) is 87.7 cm³/mol. The molecule has 2 rings (SSSR count). The van der Waals surface area contributed by atoms with Crippen molar-refractivity contribution in [2.24, 2.45) is 0 Å². The number of aryl methyl sites for hydroxylation is 1. The second-order valence-electron chi connectivity index (χ2n) is 5.09. The maximum absolute atomic E-state index is 11.7. The number of ether oxygens (including phenoxy) is 2. The molecule has 1 N–H and O–H groups in total. The van der Waals surface area contributed by atoms with Gasteiger partial charge < -0.3 is 14.8 Å². The van der Waals surface area contributed by atoms with E-state index in [-0.39, 0.29) is 24.9 Å². The monoisotopic (exact) mass is 313 g/mol. The highest BCUT2D eigenvalue weighted by Gasteiger charge is 2.06. The molecule has 2 aromatic carbocycles. The quantitative estimate of drug-likeness (QED) is 0.656. The van der Waals surface area contributed by atoms with E-state index in [0.717, 1.165) is 11.3 Å². The van der Waals surface area contributed by atoms with Crippen molar-refractivity contribution in [3.05, 3.63) is 54.1 Å². The Kier molecular flexibility index (Phi) is 5.74. The van der Waals surface area contributed by atoms with Gasteiger partial charge in [0.05, 0.1) is 13.0 Å². The Morgan fingerprint density at radius 2 is 1.57 bits per heavy atom. The molecule has 5 heteroatoms. The van der Waals surface area contributed by atoms with E-state index >= 15 is 0 Å². The Labute approximate surface area is 135 Å². The summed E-state index contributed by atoms with van der Waals surface area (Å²) in [4.78, 5) is 22.7. The standard InChI is InChI=1S/C18H19NO4/c1-13-3-7-16(8-4-13)22-12-11-18(21)23-17-9-5-15(6-10-17)19-14(2)20/h3-10H,11-12H2,1-2H3,(H,19,20). The van der Waals surface area contributed by atoms with Gasteiger partial charge in [0.2, 0.25) is 5.91 Å². The van der Waals surface area contributed by atoms with Crippen molar-refractivity contribution in [1.29, 1.82) is 0 Å². The lowest BCUT2D eigenvalue weighted by Gasteiger charge is -2.08. The van der Waals surface area contributed by atoms with Gasteiger partial charge in [0.1, 0.15) is 11.5 Å². The minimum absolute atomic E-state index is 0.150. The third kappa shape index (κ3) is 5.82. The normalized spacial score (nSPS) is 10.0. The van der Waals surface area contributed by atoms with E-state index in [1.165, 1.54) is 6.92 Å². The van der Waals surface area contributed by atoms with E-state index in [2.05, 4.69) is 5.32 Å². The van der Waals surface area contributed by atoms with Crippen LogP contribution in [0.15, 0.2) is 48.5 Å². The zero-order valence-electron chi connectivity index (χ0n) is 13.2. The first-order valence-electron chi connectivity index (χ1n) is 7.31. The minimum atomic E-state index is -0.371. The average Bonchev–Trinajstić information content (AvgIpc) is 2.51. The minimum Gasteiger partial charge on any atom is -0.493 e. The lowest BCUT2D eigenvalue weighted by atomic mass is 10.2. The second kappa shape index (κ2) is 7.98. The summed E-state index contributed by atoms with van der Waals surface area (Å²) in [6, 6.07) is 14.2. The van der Waals surface area contributed by atoms with Crippen LogP contribution in [0.4, 0.5) is 5.69 Å². The van der Waals surface area contributed by atoms with Crippen molar-refractivity contribution in [2.45, 2.75) is 20.3 Å². The van der Waals surface area contributed by atoms with Crippen molar-refractivity contribution < 1.29 is 19.1 Å². The summed E-state index contributed by atoms with van der Waals surface area (Å²) in [5.41, 5.74) is 1.81. The van der Waals surface area contributed by atoms with E-state index in [0.29, 0.717) is 11.4 Å². The molecule has 1 amide bonds. The zero-order chi connectivity index (χ0) is 16.7. The number of anilines is 1. The summed E-state index contributed by atoms with van der Waals surface area (Å²) in [6.45, 7) is 3.69. The first-order chi connectivity index (χ1) is 11.0. The fourth-order valence-corrected chi connectivity index (χ4v) is 1.88. The molecule has 5 nitrogen and oxygen atoms in total. The fraction of sp³-hybridized carbons (Fsp3) is 0.222. The molecule has 0 aromatic heterocycles. The summed E-state index contributed by atoms with van der Waals surface area (Å²) in [6.07, 6.45) is 0.154. The number of hydrogen-bond donors (Lipinski definition) is 1. The number of carbonyl (C=O) groups excluding carboxylic acids is 2. The van der Waals surface area contributed by atoms with Crippen LogP contribution in [0.1, 0.15) is 18.9 Å². The molecule has 120 valence electrons. The first kappa shape index (κ1) is 16.5. The Bertz CT molecular complexity index is 662. The molecule has 0 heterocycles. The van der Waals surface area contributed by atoms with Crippen LogP contribution < -0.4 is 14.8 Å². The third-order valence-electron chi connectivity index (χ3n) is 3.00. The summed E-state index contributed by atoms with van der Waals surface area (Å²) in [5, 5.41) is 2.64. The summed E-state index contributed by atoms with van der Waals surface area (Å²) in [5.74, 6) is 0.634. The van der Waals surface area contributed by atoms with Gasteiger partial charge in [-0.05, 0) is 43.3 Å². The Morgan fingerprint density at radius 3 is 2.17 bits per heavy atom. The molecule has 0 aliphatic carbocycles. The molecule has 2 aromatic rings. The van der Waals surface area contributed by atoms with Crippen LogP contribution in [0.5, 0.6) is 11.5 Å². The van der Waals surface area contributed by atoms with Gasteiger partial charge in [-0.1, -0.05) is 17.7 Å². The number of hydrogen-bond acceptors (Lipinski definition) is 4. The Hall–Kier alpha value is -2.82. The smallest absolute Gasteiger partial charge is 0.314 e. The van der Waals surface area contributed by atoms with Crippen molar-refractivity contribution in [2.75, 3.05) is 11.9 Å². The number of rotatable bonds is 6. The summed E-state index contributed by atoms with van der Waals surface area (Å²) in [7, 11) is 0. The zero-order valence-corrected chi connectivity index (χ0v) is 13.2. The molecule has 0 fully saturated rings. The molecule has 0 saturated heterocycles. The number of amides is 1. The molecular weight excluding hydrogens is 294 g/mol.